The second-order valence-electron chi connectivity index (χ2n) is 4.54. The first kappa shape index (κ1) is 16.2. The molecule has 116 valence electrons. The normalized spacial score (nSPS) is 13.4. The zero-order chi connectivity index (χ0) is 15.3. The van der Waals surface area contributed by atoms with Gasteiger partial charge in [0.05, 0.1) is 10.9 Å². The number of thiophene rings is 1. The van der Waals surface area contributed by atoms with Gasteiger partial charge in [-0.05, 0) is 24.4 Å². The standard InChI is InChI=1S/C13H20N4O2S2/c1-3-10(13-15-6-7-16-13)17-21(18,19)12-5-8-20-11(12)9-14-4-2/h5-8,10,14,17H,3-4,9H2,1-2H3,(H,15,16). The number of hydrogen-bond acceptors (Lipinski definition) is 5. The van der Waals surface area contributed by atoms with Gasteiger partial charge in [0.2, 0.25) is 10.0 Å². The maximum atomic E-state index is 12.6. The Morgan fingerprint density at radius 2 is 2.24 bits per heavy atom. The third-order valence-electron chi connectivity index (χ3n) is 3.08. The van der Waals surface area contributed by atoms with Crippen molar-refractivity contribution >= 4 is 21.4 Å². The Bertz CT molecular complexity index is 650. The van der Waals surface area contributed by atoms with Crippen LogP contribution in [0.15, 0.2) is 28.7 Å². The van der Waals surface area contributed by atoms with Gasteiger partial charge >= 0.3 is 0 Å². The summed E-state index contributed by atoms with van der Waals surface area (Å²) in [6, 6.07) is 1.30. The molecular weight excluding hydrogens is 308 g/mol. The minimum Gasteiger partial charge on any atom is -0.347 e. The van der Waals surface area contributed by atoms with Crippen molar-refractivity contribution in [1.82, 2.24) is 20.0 Å². The van der Waals surface area contributed by atoms with Gasteiger partial charge in [-0.15, -0.1) is 11.3 Å². The molecule has 0 saturated heterocycles. The Balaban J connectivity index is 2.20. The number of nitrogens with zero attached hydrogens (tertiary/aromatic N) is 1. The molecule has 0 aliphatic heterocycles. The van der Waals surface area contributed by atoms with Crippen LogP contribution in [-0.2, 0) is 16.6 Å². The highest BCUT2D eigenvalue weighted by atomic mass is 32.2. The van der Waals surface area contributed by atoms with Crippen molar-refractivity contribution in [3.8, 4) is 0 Å². The van der Waals surface area contributed by atoms with E-state index in [2.05, 4.69) is 20.0 Å². The molecular formula is C13H20N4O2S2. The summed E-state index contributed by atoms with van der Waals surface area (Å²) in [7, 11) is -3.55. The van der Waals surface area contributed by atoms with E-state index in [0.717, 1.165) is 11.4 Å². The molecule has 2 aromatic heterocycles. The van der Waals surface area contributed by atoms with Crippen LogP contribution in [0.2, 0.25) is 0 Å². The summed E-state index contributed by atoms with van der Waals surface area (Å²) in [4.78, 5) is 8.25. The summed E-state index contributed by atoms with van der Waals surface area (Å²) < 4.78 is 27.9. The second kappa shape index (κ2) is 7.17. The summed E-state index contributed by atoms with van der Waals surface area (Å²) in [6.45, 7) is 5.27. The zero-order valence-electron chi connectivity index (χ0n) is 12.1. The highest BCUT2D eigenvalue weighted by molar-refractivity contribution is 7.89. The van der Waals surface area contributed by atoms with Crippen molar-refractivity contribution in [2.24, 2.45) is 0 Å². The first-order chi connectivity index (χ1) is 10.1. The zero-order valence-corrected chi connectivity index (χ0v) is 13.7. The average Bonchev–Trinajstić information content (AvgIpc) is 3.13. The Morgan fingerprint density at radius 3 is 2.86 bits per heavy atom. The fourth-order valence-electron chi connectivity index (χ4n) is 1.99. The number of aromatic amines is 1. The molecule has 6 nitrogen and oxygen atoms in total. The molecule has 0 radical (unpaired) electrons. The van der Waals surface area contributed by atoms with Crippen LogP contribution in [-0.4, -0.2) is 24.9 Å². The molecule has 21 heavy (non-hydrogen) atoms. The van der Waals surface area contributed by atoms with Gasteiger partial charge in [0.1, 0.15) is 5.82 Å². The highest BCUT2D eigenvalue weighted by Gasteiger charge is 2.24. The van der Waals surface area contributed by atoms with E-state index in [0.29, 0.717) is 23.7 Å². The van der Waals surface area contributed by atoms with E-state index in [1.807, 2.05) is 13.8 Å². The summed E-state index contributed by atoms with van der Waals surface area (Å²) in [6.07, 6.45) is 3.93. The molecule has 0 amide bonds. The Labute approximate surface area is 129 Å². The van der Waals surface area contributed by atoms with Crippen molar-refractivity contribution in [2.75, 3.05) is 6.54 Å². The number of nitrogens with one attached hydrogen (secondary N) is 3. The summed E-state index contributed by atoms with van der Waals surface area (Å²) in [5.41, 5.74) is 0. The predicted molar refractivity (Wildman–Crippen MR) is 83.6 cm³/mol. The lowest BCUT2D eigenvalue weighted by molar-refractivity contribution is 0.538. The van der Waals surface area contributed by atoms with E-state index >= 15 is 0 Å². The molecule has 0 bridgehead atoms. The van der Waals surface area contributed by atoms with E-state index in [1.54, 1.807) is 23.8 Å². The molecule has 0 aliphatic rings. The molecule has 8 heteroatoms. The third-order valence-corrected chi connectivity index (χ3v) is 5.69. The van der Waals surface area contributed by atoms with Crippen LogP contribution in [0, 0.1) is 0 Å². The van der Waals surface area contributed by atoms with E-state index in [-0.39, 0.29) is 6.04 Å². The lowest BCUT2D eigenvalue weighted by atomic mass is 10.2. The van der Waals surface area contributed by atoms with Gasteiger partial charge in [-0.1, -0.05) is 13.8 Å². The van der Waals surface area contributed by atoms with Crippen molar-refractivity contribution < 1.29 is 8.42 Å². The van der Waals surface area contributed by atoms with Gasteiger partial charge in [-0.25, -0.2) is 18.1 Å². The van der Waals surface area contributed by atoms with Crippen LogP contribution in [0.4, 0.5) is 0 Å². The lowest BCUT2D eigenvalue weighted by Crippen LogP contribution is -2.29. The third kappa shape index (κ3) is 3.91. The summed E-state index contributed by atoms with van der Waals surface area (Å²) >= 11 is 1.44. The van der Waals surface area contributed by atoms with Crippen molar-refractivity contribution in [3.63, 3.8) is 0 Å². The Morgan fingerprint density at radius 1 is 1.43 bits per heavy atom. The largest absolute Gasteiger partial charge is 0.347 e. The molecule has 0 aliphatic carbocycles. The fourth-order valence-corrected chi connectivity index (χ4v) is 4.68. The van der Waals surface area contributed by atoms with Crippen molar-refractivity contribution in [1.29, 1.82) is 0 Å². The molecule has 0 spiro atoms. The number of aromatic nitrogens is 2. The van der Waals surface area contributed by atoms with Crippen LogP contribution in [0.5, 0.6) is 0 Å². The number of hydrogen-bond donors (Lipinski definition) is 3. The van der Waals surface area contributed by atoms with Crippen molar-refractivity contribution in [3.05, 3.63) is 34.5 Å². The second-order valence-corrected chi connectivity index (χ2v) is 7.23. The molecule has 2 aromatic rings. The first-order valence-electron chi connectivity index (χ1n) is 6.87. The number of H-pyrrole nitrogens is 1. The smallest absolute Gasteiger partial charge is 0.242 e. The van der Waals surface area contributed by atoms with Gasteiger partial charge < -0.3 is 10.3 Å². The van der Waals surface area contributed by atoms with Gasteiger partial charge in [-0.2, -0.15) is 0 Å². The Kier molecular flexibility index (Phi) is 5.51. The van der Waals surface area contributed by atoms with Crippen LogP contribution in [0.25, 0.3) is 0 Å². The maximum absolute atomic E-state index is 12.6. The van der Waals surface area contributed by atoms with Crippen LogP contribution >= 0.6 is 11.3 Å². The van der Waals surface area contributed by atoms with E-state index in [9.17, 15) is 8.42 Å². The van der Waals surface area contributed by atoms with Gasteiger partial charge in [0.25, 0.3) is 0 Å². The SMILES string of the molecule is CCNCc1sccc1S(=O)(=O)NC(CC)c1ncc[nH]1. The highest BCUT2D eigenvalue weighted by Crippen LogP contribution is 2.24. The van der Waals surface area contributed by atoms with E-state index < -0.39 is 10.0 Å². The minimum absolute atomic E-state index is 0.346. The average molecular weight is 328 g/mol. The molecule has 1 atom stereocenters. The van der Waals surface area contributed by atoms with Crippen LogP contribution in [0.3, 0.4) is 0 Å². The van der Waals surface area contributed by atoms with Crippen molar-refractivity contribution in [2.45, 2.75) is 37.8 Å². The fraction of sp³-hybridized carbons (Fsp3) is 0.462. The number of sulfonamides is 1. The monoisotopic (exact) mass is 328 g/mol. The van der Waals surface area contributed by atoms with E-state index in [4.69, 9.17) is 0 Å². The Hall–Kier alpha value is -1.22. The molecule has 0 saturated carbocycles. The van der Waals surface area contributed by atoms with E-state index in [1.165, 1.54) is 11.3 Å². The number of imidazole rings is 1. The summed E-state index contributed by atoms with van der Waals surface area (Å²) in [5.74, 6) is 0.629. The van der Waals surface area contributed by atoms with Gasteiger partial charge in [0, 0.05) is 23.8 Å². The summed E-state index contributed by atoms with van der Waals surface area (Å²) in [5, 5.41) is 4.96. The lowest BCUT2D eigenvalue weighted by Gasteiger charge is -2.15. The number of rotatable bonds is 8. The minimum atomic E-state index is -3.55. The predicted octanol–water partition coefficient (Wildman–Crippen LogP) is 2.01. The maximum Gasteiger partial charge on any atom is 0.242 e. The molecule has 3 N–H and O–H groups in total. The van der Waals surface area contributed by atoms with Gasteiger partial charge in [-0.3, -0.25) is 0 Å². The molecule has 1 unspecified atom stereocenters. The topological polar surface area (TPSA) is 86.9 Å². The molecule has 2 heterocycles. The molecule has 0 aromatic carbocycles. The molecule has 0 fully saturated rings. The molecule has 2 rings (SSSR count). The van der Waals surface area contributed by atoms with Crippen LogP contribution < -0.4 is 10.0 Å². The quantitative estimate of drug-likeness (QED) is 0.692. The first-order valence-corrected chi connectivity index (χ1v) is 9.23. The van der Waals surface area contributed by atoms with Gasteiger partial charge in [0.15, 0.2) is 0 Å². The van der Waals surface area contributed by atoms with Crippen LogP contribution in [0.1, 0.15) is 37.0 Å².